The summed E-state index contributed by atoms with van der Waals surface area (Å²) in [6, 6.07) is 5.16. The van der Waals surface area contributed by atoms with Gasteiger partial charge in [0.25, 0.3) is 5.56 Å². The lowest BCUT2D eigenvalue weighted by Gasteiger charge is -2.18. The van der Waals surface area contributed by atoms with Crippen LogP contribution in [0.15, 0.2) is 46.3 Å². The zero-order valence-corrected chi connectivity index (χ0v) is 12.6. The van der Waals surface area contributed by atoms with E-state index in [0.717, 1.165) is 4.47 Å². The number of nitrogens with zero attached hydrogens (tertiary/aromatic N) is 3. The van der Waals surface area contributed by atoms with Gasteiger partial charge in [0.15, 0.2) is 0 Å². The smallest absolute Gasteiger partial charge is 0.258 e. The molecule has 2 aromatic rings. The van der Waals surface area contributed by atoms with E-state index in [0.29, 0.717) is 31.0 Å². The normalized spacial score (nSPS) is 11.2. The van der Waals surface area contributed by atoms with Gasteiger partial charge in [-0.2, -0.15) is 0 Å². The molecule has 0 amide bonds. The van der Waals surface area contributed by atoms with Crippen LogP contribution in [-0.4, -0.2) is 39.1 Å². The Morgan fingerprint density at radius 3 is 3.00 bits per heavy atom. The molecule has 20 heavy (non-hydrogen) atoms. The van der Waals surface area contributed by atoms with Gasteiger partial charge in [0.05, 0.1) is 12.3 Å². The van der Waals surface area contributed by atoms with Crippen LogP contribution in [0.2, 0.25) is 0 Å². The third kappa shape index (κ3) is 3.53. The van der Waals surface area contributed by atoms with Crippen molar-refractivity contribution in [1.82, 2.24) is 14.3 Å². The van der Waals surface area contributed by atoms with Gasteiger partial charge in [-0.05, 0) is 28.1 Å². The molecule has 0 bridgehead atoms. The fourth-order valence-electron chi connectivity index (χ4n) is 2.00. The molecule has 2 rings (SSSR count). The predicted molar refractivity (Wildman–Crippen MR) is 81.7 cm³/mol. The van der Waals surface area contributed by atoms with Crippen molar-refractivity contribution < 1.29 is 5.11 Å². The number of aromatic nitrogens is 2. The molecule has 0 atom stereocenters. The van der Waals surface area contributed by atoms with Gasteiger partial charge in [0.2, 0.25) is 0 Å². The number of halogens is 1. The highest BCUT2D eigenvalue weighted by Crippen LogP contribution is 2.10. The molecule has 0 saturated carbocycles. The second-order valence-electron chi connectivity index (χ2n) is 4.41. The maximum Gasteiger partial charge on any atom is 0.258 e. The van der Waals surface area contributed by atoms with Crippen LogP contribution in [0, 0.1) is 0 Å². The van der Waals surface area contributed by atoms with Gasteiger partial charge in [-0.3, -0.25) is 14.1 Å². The fraction of sp³-hybridized carbons (Fsp3) is 0.286. The highest BCUT2D eigenvalue weighted by atomic mass is 79.9. The fourth-order valence-corrected chi connectivity index (χ4v) is 2.33. The number of hydrogen-bond donors (Lipinski definition) is 1. The Balaban J connectivity index is 2.33. The van der Waals surface area contributed by atoms with E-state index in [4.69, 9.17) is 5.11 Å². The molecule has 2 heterocycles. The summed E-state index contributed by atoms with van der Waals surface area (Å²) in [6.07, 6.45) is 3.46. The number of hydrogen-bond acceptors (Lipinski definition) is 4. The molecule has 0 spiro atoms. The number of fused-ring (bicyclic) bond motifs is 1. The molecule has 0 aromatic carbocycles. The summed E-state index contributed by atoms with van der Waals surface area (Å²) < 4.78 is 2.33. The van der Waals surface area contributed by atoms with Gasteiger partial charge in [0.1, 0.15) is 5.65 Å². The average molecular weight is 338 g/mol. The van der Waals surface area contributed by atoms with Crippen molar-refractivity contribution in [3.8, 4) is 0 Å². The van der Waals surface area contributed by atoms with E-state index in [1.807, 2.05) is 11.0 Å². The third-order valence-corrected chi connectivity index (χ3v) is 3.33. The lowest BCUT2D eigenvalue weighted by Crippen LogP contribution is -2.28. The van der Waals surface area contributed by atoms with E-state index in [1.165, 1.54) is 10.5 Å². The molecule has 0 aliphatic rings. The van der Waals surface area contributed by atoms with Crippen molar-refractivity contribution in [3.63, 3.8) is 0 Å². The first-order valence-electron chi connectivity index (χ1n) is 6.26. The standard InChI is InChI=1S/C14H16BrN3O2/c1-2-5-17(6-7-19)10-12-8-14(20)18-9-11(15)3-4-13(18)16-12/h2-4,8-9,19H,1,5-7,10H2. The highest BCUT2D eigenvalue weighted by molar-refractivity contribution is 9.10. The first kappa shape index (κ1) is 14.9. The van der Waals surface area contributed by atoms with Crippen LogP contribution in [-0.2, 0) is 6.54 Å². The molecule has 1 N–H and O–H groups in total. The molecule has 0 radical (unpaired) electrons. The van der Waals surface area contributed by atoms with Crippen molar-refractivity contribution in [2.75, 3.05) is 19.7 Å². The zero-order valence-electron chi connectivity index (χ0n) is 11.0. The summed E-state index contributed by atoms with van der Waals surface area (Å²) in [5.41, 5.74) is 1.18. The minimum atomic E-state index is -0.117. The van der Waals surface area contributed by atoms with Gasteiger partial charge in [-0.1, -0.05) is 6.08 Å². The average Bonchev–Trinajstić information content (AvgIpc) is 2.40. The predicted octanol–water partition coefficient (Wildman–Crippen LogP) is 1.44. The van der Waals surface area contributed by atoms with Crippen molar-refractivity contribution in [2.24, 2.45) is 0 Å². The van der Waals surface area contributed by atoms with Crippen LogP contribution in [0.3, 0.4) is 0 Å². The first-order valence-corrected chi connectivity index (χ1v) is 7.05. The molecule has 0 aliphatic heterocycles. The lowest BCUT2D eigenvalue weighted by molar-refractivity contribution is 0.202. The van der Waals surface area contributed by atoms with Crippen LogP contribution < -0.4 is 5.56 Å². The van der Waals surface area contributed by atoms with Crippen LogP contribution >= 0.6 is 15.9 Å². The first-order chi connectivity index (χ1) is 9.63. The van der Waals surface area contributed by atoms with Crippen LogP contribution in [0.25, 0.3) is 5.65 Å². The monoisotopic (exact) mass is 337 g/mol. The molecular formula is C14H16BrN3O2. The van der Waals surface area contributed by atoms with Crippen molar-refractivity contribution in [1.29, 1.82) is 0 Å². The Hall–Kier alpha value is -1.50. The van der Waals surface area contributed by atoms with Crippen molar-refractivity contribution in [3.05, 3.63) is 57.6 Å². The Bertz CT molecular complexity index is 669. The summed E-state index contributed by atoms with van der Waals surface area (Å²) in [5, 5.41) is 9.03. The Kier molecular flexibility index (Phi) is 5.05. The van der Waals surface area contributed by atoms with Crippen LogP contribution in [0.1, 0.15) is 5.69 Å². The molecule has 2 aromatic heterocycles. The molecule has 0 unspecified atom stereocenters. The summed E-state index contributed by atoms with van der Waals surface area (Å²) >= 11 is 3.33. The maximum absolute atomic E-state index is 12.1. The molecule has 0 saturated heterocycles. The molecule has 0 fully saturated rings. The molecule has 6 heteroatoms. The quantitative estimate of drug-likeness (QED) is 0.810. The minimum Gasteiger partial charge on any atom is -0.395 e. The van der Waals surface area contributed by atoms with Crippen LogP contribution in [0.4, 0.5) is 0 Å². The van der Waals surface area contributed by atoms with Gasteiger partial charge in [-0.25, -0.2) is 4.98 Å². The van der Waals surface area contributed by atoms with Crippen LogP contribution in [0.5, 0.6) is 0 Å². The maximum atomic E-state index is 12.1. The molecular weight excluding hydrogens is 322 g/mol. The van der Waals surface area contributed by atoms with E-state index < -0.39 is 0 Å². The summed E-state index contributed by atoms with van der Waals surface area (Å²) in [4.78, 5) is 18.5. The van der Waals surface area contributed by atoms with Gasteiger partial charge < -0.3 is 5.11 Å². The lowest BCUT2D eigenvalue weighted by atomic mass is 10.3. The summed E-state index contributed by atoms with van der Waals surface area (Å²) in [7, 11) is 0. The largest absolute Gasteiger partial charge is 0.395 e. The van der Waals surface area contributed by atoms with Gasteiger partial charge in [0, 0.05) is 36.4 Å². The molecule has 106 valence electrons. The van der Waals surface area contributed by atoms with E-state index in [1.54, 1.807) is 18.3 Å². The highest BCUT2D eigenvalue weighted by Gasteiger charge is 2.07. The van der Waals surface area contributed by atoms with E-state index in [9.17, 15) is 4.79 Å². The second-order valence-corrected chi connectivity index (χ2v) is 5.32. The number of aliphatic hydroxyl groups is 1. The number of rotatable bonds is 6. The van der Waals surface area contributed by atoms with E-state index in [-0.39, 0.29) is 12.2 Å². The number of pyridine rings is 1. The molecule has 5 nitrogen and oxygen atoms in total. The van der Waals surface area contributed by atoms with Crippen molar-refractivity contribution >= 4 is 21.6 Å². The topological polar surface area (TPSA) is 57.8 Å². The van der Waals surface area contributed by atoms with Crippen molar-refractivity contribution in [2.45, 2.75) is 6.54 Å². The Morgan fingerprint density at radius 2 is 2.30 bits per heavy atom. The SMILES string of the molecule is C=CCN(CCO)Cc1cc(=O)n2cc(Br)ccc2n1. The number of aliphatic hydroxyl groups excluding tert-OH is 1. The summed E-state index contributed by atoms with van der Waals surface area (Å²) in [5.74, 6) is 0. The summed E-state index contributed by atoms with van der Waals surface area (Å²) in [6.45, 7) is 5.42. The Labute approximate surface area is 125 Å². The Morgan fingerprint density at radius 1 is 1.50 bits per heavy atom. The van der Waals surface area contributed by atoms with E-state index >= 15 is 0 Å². The van der Waals surface area contributed by atoms with Gasteiger partial charge >= 0.3 is 0 Å². The minimum absolute atomic E-state index is 0.0628. The van der Waals surface area contributed by atoms with Gasteiger partial charge in [-0.15, -0.1) is 6.58 Å². The molecule has 0 aliphatic carbocycles. The van der Waals surface area contributed by atoms with E-state index in [2.05, 4.69) is 27.5 Å². The second kappa shape index (κ2) is 6.78. The zero-order chi connectivity index (χ0) is 14.5. The third-order valence-electron chi connectivity index (χ3n) is 2.87.